The fourth-order valence-corrected chi connectivity index (χ4v) is 3.38. The van der Waals surface area contributed by atoms with Crippen molar-refractivity contribution in [2.45, 2.75) is 25.9 Å². The number of nitrogens with one attached hydrogen (secondary N) is 1. The molecule has 25 heavy (non-hydrogen) atoms. The van der Waals surface area contributed by atoms with Gasteiger partial charge in [0.05, 0.1) is 6.10 Å². The van der Waals surface area contributed by atoms with Crippen molar-refractivity contribution in [2.24, 2.45) is 0 Å². The van der Waals surface area contributed by atoms with Crippen LogP contribution in [-0.4, -0.2) is 47.5 Å². The number of nitrogens with zero attached hydrogens (tertiary/aromatic N) is 2. The Hall–Kier alpha value is -2.25. The highest BCUT2D eigenvalue weighted by atomic mass is 32.1. The van der Waals surface area contributed by atoms with Crippen molar-refractivity contribution in [3.63, 3.8) is 0 Å². The summed E-state index contributed by atoms with van der Waals surface area (Å²) >= 11 is 1.35. The zero-order valence-corrected chi connectivity index (χ0v) is 14.9. The molecular weight excluding hydrogens is 338 g/mol. The van der Waals surface area contributed by atoms with Crippen LogP contribution in [0.5, 0.6) is 0 Å². The number of amides is 2. The summed E-state index contributed by atoms with van der Waals surface area (Å²) in [6, 6.07) is 7.40. The first-order valence-electron chi connectivity index (χ1n) is 8.29. The standard InChI is InChI=1S/C18H21N3O3S/c1-13-4-2-5-14(10-13)17(23)21(11-15-6-3-8-24-15)12-16(22)20-18-19-7-9-25-18/h2,4-5,7,9-10,15H,3,6,8,11-12H2,1H3,(H,19,20,22). The number of ether oxygens (including phenoxy) is 1. The molecule has 1 N–H and O–H groups in total. The number of anilines is 1. The van der Waals surface area contributed by atoms with Crippen molar-refractivity contribution >= 4 is 28.3 Å². The van der Waals surface area contributed by atoms with Crippen LogP contribution < -0.4 is 5.32 Å². The van der Waals surface area contributed by atoms with E-state index >= 15 is 0 Å². The molecule has 7 heteroatoms. The van der Waals surface area contributed by atoms with Gasteiger partial charge in [-0.15, -0.1) is 11.3 Å². The normalized spacial score (nSPS) is 16.6. The number of thiazole rings is 1. The average molecular weight is 359 g/mol. The zero-order chi connectivity index (χ0) is 17.6. The molecule has 1 aliphatic rings. The van der Waals surface area contributed by atoms with Crippen molar-refractivity contribution in [1.82, 2.24) is 9.88 Å². The summed E-state index contributed by atoms with van der Waals surface area (Å²) in [7, 11) is 0. The fraction of sp³-hybridized carbons (Fsp3) is 0.389. The van der Waals surface area contributed by atoms with Crippen LogP contribution in [0.4, 0.5) is 5.13 Å². The first kappa shape index (κ1) is 17.6. The lowest BCUT2D eigenvalue weighted by Gasteiger charge is -2.25. The number of carbonyl (C=O) groups is 2. The van der Waals surface area contributed by atoms with E-state index in [1.807, 2.05) is 25.1 Å². The SMILES string of the molecule is Cc1cccc(C(=O)N(CC(=O)Nc2nccs2)CC2CCCO2)c1. The second kappa shape index (κ2) is 8.22. The molecule has 1 unspecified atom stereocenters. The monoisotopic (exact) mass is 359 g/mol. The maximum atomic E-state index is 12.9. The molecule has 0 aliphatic carbocycles. The highest BCUT2D eigenvalue weighted by Crippen LogP contribution is 2.16. The van der Waals surface area contributed by atoms with E-state index in [0.717, 1.165) is 18.4 Å². The molecule has 1 saturated heterocycles. The Labute approximate surface area is 150 Å². The minimum Gasteiger partial charge on any atom is -0.376 e. The van der Waals surface area contributed by atoms with Crippen LogP contribution in [0.15, 0.2) is 35.8 Å². The Morgan fingerprint density at radius 3 is 3.00 bits per heavy atom. The third-order valence-electron chi connectivity index (χ3n) is 4.01. The molecule has 0 spiro atoms. The van der Waals surface area contributed by atoms with Crippen molar-refractivity contribution in [3.05, 3.63) is 47.0 Å². The molecule has 6 nitrogen and oxygen atoms in total. The van der Waals surface area contributed by atoms with Crippen LogP contribution >= 0.6 is 11.3 Å². The van der Waals surface area contributed by atoms with Gasteiger partial charge in [-0.1, -0.05) is 17.7 Å². The summed E-state index contributed by atoms with van der Waals surface area (Å²) in [5, 5.41) is 5.05. The van der Waals surface area contributed by atoms with Crippen LogP contribution in [-0.2, 0) is 9.53 Å². The lowest BCUT2D eigenvalue weighted by molar-refractivity contribution is -0.117. The third kappa shape index (κ3) is 4.87. The topological polar surface area (TPSA) is 71.5 Å². The number of hydrogen-bond donors (Lipinski definition) is 1. The molecule has 0 saturated carbocycles. The van der Waals surface area contributed by atoms with Gasteiger partial charge in [-0.05, 0) is 31.9 Å². The number of benzene rings is 1. The summed E-state index contributed by atoms with van der Waals surface area (Å²) in [5.74, 6) is -0.414. The highest BCUT2D eigenvalue weighted by molar-refractivity contribution is 7.13. The predicted molar refractivity (Wildman–Crippen MR) is 96.8 cm³/mol. The van der Waals surface area contributed by atoms with Crippen molar-refractivity contribution < 1.29 is 14.3 Å². The van der Waals surface area contributed by atoms with Gasteiger partial charge >= 0.3 is 0 Å². The van der Waals surface area contributed by atoms with E-state index in [1.54, 1.807) is 22.5 Å². The maximum Gasteiger partial charge on any atom is 0.254 e. The van der Waals surface area contributed by atoms with Gasteiger partial charge in [-0.2, -0.15) is 0 Å². The Morgan fingerprint density at radius 1 is 1.44 bits per heavy atom. The average Bonchev–Trinajstić information content (AvgIpc) is 3.27. The molecule has 0 radical (unpaired) electrons. The second-order valence-electron chi connectivity index (χ2n) is 6.08. The van der Waals surface area contributed by atoms with Crippen LogP contribution in [0.2, 0.25) is 0 Å². The summed E-state index contributed by atoms with van der Waals surface area (Å²) in [4.78, 5) is 30.8. The first-order valence-corrected chi connectivity index (χ1v) is 9.16. The van der Waals surface area contributed by atoms with Gasteiger partial charge in [-0.25, -0.2) is 4.98 Å². The maximum absolute atomic E-state index is 12.9. The second-order valence-corrected chi connectivity index (χ2v) is 6.97. The Morgan fingerprint density at radius 2 is 2.32 bits per heavy atom. The number of aromatic nitrogens is 1. The quantitative estimate of drug-likeness (QED) is 0.861. The molecule has 132 valence electrons. The smallest absolute Gasteiger partial charge is 0.254 e. The van der Waals surface area contributed by atoms with Crippen LogP contribution in [0.25, 0.3) is 0 Å². The van der Waals surface area contributed by atoms with E-state index in [-0.39, 0.29) is 24.5 Å². The van der Waals surface area contributed by atoms with E-state index in [2.05, 4.69) is 10.3 Å². The van der Waals surface area contributed by atoms with E-state index in [0.29, 0.717) is 23.8 Å². The molecule has 1 fully saturated rings. The minimum absolute atomic E-state index is 0.0126. The number of aryl methyl sites for hydroxylation is 1. The summed E-state index contributed by atoms with van der Waals surface area (Å²) < 4.78 is 5.64. The molecule has 2 aromatic rings. The molecule has 3 rings (SSSR count). The summed E-state index contributed by atoms with van der Waals surface area (Å²) in [5.41, 5.74) is 1.59. The highest BCUT2D eigenvalue weighted by Gasteiger charge is 2.25. The van der Waals surface area contributed by atoms with Crippen LogP contribution in [0.3, 0.4) is 0 Å². The molecule has 1 atom stereocenters. The Kier molecular flexibility index (Phi) is 5.78. The van der Waals surface area contributed by atoms with Crippen molar-refractivity contribution in [3.8, 4) is 0 Å². The van der Waals surface area contributed by atoms with Crippen molar-refractivity contribution in [2.75, 3.05) is 25.0 Å². The van der Waals surface area contributed by atoms with Gasteiger partial charge < -0.3 is 15.0 Å². The van der Waals surface area contributed by atoms with Gasteiger partial charge in [0.15, 0.2) is 5.13 Å². The molecule has 2 heterocycles. The van der Waals surface area contributed by atoms with Crippen LogP contribution in [0.1, 0.15) is 28.8 Å². The zero-order valence-electron chi connectivity index (χ0n) is 14.1. The predicted octanol–water partition coefficient (Wildman–Crippen LogP) is 2.71. The van der Waals surface area contributed by atoms with E-state index in [1.165, 1.54) is 11.3 Å². The van der Waals surface area contributed by atoms with Gasteiger partial charge in [0.25, 0.3) is 5.91 Å². The minimum atomic E-state index is -0.256. The molecule has 0 bridgehead atoms. The Balaban J connectivity index is 1.71. The van der Waals surface area contributed by atoms with E-state index < -0.39 is 0 Å². The van der Waals surface area contributed by atoms with E-state index in [9.17, 15) is 9.59 Å². The van der Waals surface area contributed by atoms with E-state index in [4.69, 9.17) is 4.74 Å². The number of carbonyl (C=O) groups excluding carboxylic acids is 2. The molecular formula is C18H21N3O3S. The lowest BCUT2D eigenvalue weighted by atomic mass is 10.1. The molecule has 2 amide bonds. The third-order valence-corrected chi connectivity index (χ3v) is 4.70. The molecule has 1 aliphatic heterocycles. The fourth-order valence-electron chi connectivity index (χ4n) is 2.83. The number of rotatable bonds is 6. The number of hydrogen-bond acceptors (Lipinski definition) is 5. The summed E-state index contributed by atoms with van der Waals surface area (Å²) in [6.07, 6.45) is 3.51. The first-order chi connectivity index (χ1) is 12.1. The molecule has 1 aromatic carbocycles. The largest absolute Gasteiger partial charge is 0.376 e. The van der Waals surface area contributed by atoms with Crippen LogP contribution in [0, 0.1) is 6.92 Å². The van der Waals surface area contributed by atoms with Gasteiger partial charge in [0.2, 0.25) is 5.91 Å². The lowest BCUT2D eigenvalue weighted by Crippen LogP contribution is -2.42. The van der Waals surface area contributed by atoms with Crippen molar-refractivity contribution in [1.29, 1.82) is 0 Å². The van der Waals surface area contributed by atoms with Gasteiger partial charge in [0.1, 0.15) is 6.54 Å². The van der Waals surface area contributed by atoms with Gasteiger partial charge in [0, 0.05) is 30.3 Å². The summed E-state index contributed by atoms with van der Waals surface area (Å²) in [6.45, 7) is 3.04. The molecule has 1 aromatic heterocycles. The Bertz CT molecular complexity index is 727. The van der Waals surface area contributed by atoms with Gasteiger partial charge in [-0.3, -0.25) is 9.59 Å².